The van der Waals surface area contributed by atoms with Crippen molar-refractivity contribution in [2.24, 2.45) is 11.7 Å². The molecule has 1 amide bonds. The van der Waals surface area contributed by atoms with Gasteiger partial charge in [0.25, 0.3) is 0 Å². The number of hydrogen-bond acceptors (Lipinski definition) is 3. The first-order chi connectivity index (χ1) is 8.52. The van der Waals surface area contributed by atoms with E-state index < -0.39 is 6.09 Å². The van der Waals surface area contributed by atoms with Crippen molar-refractivity contribution in [2.75, 3.05) is 13.2 Å². The lowest BCUT2D eigenvalue weighted by Crippen LogP contribution is -2.21. The molecule has 4 nitrogen and oxygen atoms in total. The SMILES string of the molecule is C[C@H](COC(N)=O)COc1ccc(F)cc1CCl. The Bertz CT molecular complexity index is 414. The van der Waals surface area contributed by atoms with Gasteiger partial charge in [-0.05, 0) is 18.2 Å². The molecule has 0 radical (unpaired) electrons. The van der Waals surface area contributed by atoms with Crippen LogP contribution in [0.5, 0.6) is 5.75 Å². The fraction of sp³-hybridized carbons (Fsp3) is 0.417. The van der Waals surface area contributed by atoms with Crippen molar-refractivity contribution >= 4 is 17.7 Å². The largest absolute Gasteiger partial charge is 0.493 e. The zero-order chi connectivity index (χ0) is 13.5. The quantitative estimate of drug-likeness (QED) is 0.812. The lowest BCUT2D eigenvalue weighted by atomic mass is 10.2. The van der Waals surface area contributed by atoms with E-state index in [2.05, 4.69) is 4.74 Å². The van der Waals surface area contributed by atoms with E-state index in [1.807, 2.05) is 6.92 Å². The summed E-state index contributed by atoms with van der Waals surface area (Å²) in [5, 5.41) is 0. The number of halogens is 2. The fourth-order valence-electron chi connectivity index (χ4n) is 1.30. The van der Waals surface area contributed by atoms with E-state index in [-0.39, 0.29) is 24.2 Å². The Morgan fingerprint density at radius 3 is 2.83 bits per heavy atom. The molecule has 0 aliphatic heterocycles. The lowest BCUT2D eigenvalue weighted by Gasteiger charge is -2.14. The molecule has 0 aliphatic carbocycles. The third-order valence-electron chi connectivity index (χ3n) is 2.20. The van der Waals surface area contributed by atoms with E-state index in [1.165, 1.54) is 18.2 Å². The summed E-state index contributed by atoms with van der Waals surface area (Å²) in [5.74, 6) is 0.311. The standard InChI is InChI=1S/C12H15ClFNO3/c1-8(7-18-12(15)16)6-17-11-3-2-10(14)4-9(11)5-13/h2-4,8H,5-7H2,1H3,(H2,15,16)/t8-/m0/s1. The molecule has 0 aromatic heterocycles. The third-order valence-corrected chi connectivity index (χ3v) is 2.49. The maximum absolute atomic E-state index is 13.0. The van der Waals surface area contributed by atoms with Crippen LogP contribution in [-0.2, 0) is 10.6 Å². The maximum Gasteiger partial charge on any atom is 0.404 e. The normalized spacial score (nSPS) is 11.9. The van der Waals surface area contributed by atoms with Gasteiger partial charge < -0.3 is 15.2 Å². The summed E-state index contributed by atoms with van der Waals surface area (Å²) in [6.45, 7) is 2.34. The van der Waals surface area contributed by atoms with Crippen LogP contribution in [0.4, 0.5) is 9.18 Å². The second-order valence-corrected chi connectivity index (χ2v) is 4.20. The van der Waals surface area contributed by atoms with Gasteiger partial charge in [0.1, 0.15) is 11.6 Å². The molecule has 1 aromatic rings. The molecule has 0 saturated carbocycles. The highest BCUT2D eigenvalue weighted by atomic mass is 35.5. The zero-order valence-electron chi connectivity index (χ0n) is 9.99. The second-order valence-electron chi connectivity index (χ2n) is 3.93. The van der Waals surface area contributed by atoms with Gasteiger partial charge in [-0.2, -0.15) is 0 Å². The number of hydrogen-bond donors (Lipinski definition) is 1. The Labute approximate surface area is 110 Å². The highest BCUT2D eigenvalue weighted by molar-refractivity contribution is 6.17. The molecule has 0 saturated heterocycles. The average Bonchev–Trinajstić information content (AvgIpc) is 2.34. The Morgan fingerprint density at radius 2 is 2.22 bits per heavy atom. The van der Waals surface area contributed by atoms with E-state index in [0.717, 1.165) is 0 Å². The second kappa shape index (κ2) is 7.06. The van der Waals surface area contributed by atoms with Gasteiger partial charge in [-0.3, -0.25) is 0 Å². The summed E-state index contributed by atoms with van der Waals surface area (Å²) in [6.07, 6.45) is -0.815. The van der Waals surface area contributed by atoms with Crippen molar-refractivity contribution in [3.05, 3.63) is 29.6 Å². The molecule has 2 N–H and O–H groups in total. The Kier molecular flexibility index (Phi) is 5.71. The van der Waals surface area contributed by atoms with E-state index >= 15 is 0 Å². The molecule has 0 spiro atoms. The predicted molar refractivity (Wildman–Crippen MR) is 66.2 cm³/mol. The van der Waals surface area contributed by atoms with Crippen LogP contribution < -0.4 is 10.5 Å². The van der Waals surface area contributed by atoms with Crippen LogP contribution in [0.3, 0.4) is 0 Å². The van der Waals surface area contributed by atoms with Crippen LogP contribution in [0.1, 0.15) is 12.5 Å². The number of alkyl halides is 1. The number of carbonyl (C=O) groups is 1. The van der Waals surface area contributed by atoms with Crippen molar-refractivity contribution in [1.82, 2.24) is 0 Å². The Morgan fingerprint density at radius 1 is 1.50 bits per heavy atom. The number of benzene rings is 1. The molecule has 0 aliphatic rings. The maximum atomic E-state index is 13.0. The number of ether oxygens (including phenoxy) is 2. The number of nitrogens with two attached hydrogens (primary N) is 1. The average molecular weight is 276 g/mol. The smallest absolute Gasteiger partial charge is 0.404 e. The predicted octanol–water partition coefficient (Wildman–Crippen LogP) is 2.67. The highest BCUT2D eigenvalue weighted by Crippen LogP contribution is 2.22. The van der Waals surface area contributed by atoms with Crippen LogP contribution in [-0.4, -0.2) is 19.3 Å². The summed E-state index contributed by atoms with van der Waals surface area (Å²) in [6, 6.07) is 4.15. The van der Waals surface area contributed by atoms with Crippen LogP contribution in [0.25, 0.3) is 0 Å². The fourth-order valence-corrected chi connectivity index (χ4v) is 1.51. The van der Waals surface area contributed by atoms with Gasteiger partial charge in [-0.1, -0.05) is 6.92 Å². The van der Waals surface area contributed by atoms with Crippen molar-refractivity contribution in [3.63, 3.8) is 0 Å². The summed E-state index contributed by atoms with van der Waals surface area (Å²) < 4.78 is 23.1. The summed E-state index contributed by atoms with van der Waals surface area (Å²) >= 11 is 5.69. The first-order valence-electron chi connectivity index (χ1n) is 5.42. The van der Waals surface area contributed by atoms with Crippen LogP contribution in [0.15, 0.2) is 18.2 Å². The molecule has 1 atom stereocenters. The van der Waals surface area contributed by atoms with Gasteiger partial charge in [-0.15, -0.1) is 11.6 Å². The van der Waals surface area contributed by atoms with Gasteiger partial charge in [0.15, 0.2) is 0 Å². The molecular formula is C12H15ClFNO3. The summed E-state index contributed by atoms with van der Waals surface area (Å²) in [5.41, 5.74) is 5.43. The van der Waals surface area contributed by atoms with Crippen molar-refractivity contribution in [2.45, 2.75) is 12.8 Å². The molecule has 18 heavy (non-hydrogen) atoms. The summed E-state index contributed by atoms with van der Waals surface area (Å²) in [4.78, 5) is 10.4. The topological polar surface area (TPSA) is 61.5 Å². The van der Waals surface area contributed by atoms with Crippen LogP contribution in [0.2, 0.25) is 0 Å². The molecule has 0 bridgehead atoms. The number of amides is 1. The first-order valence-corrected chi connectivity index (χ1v) is 5.95. The monoisotopic (exact) mass is 275 g/mol. The minimum Gasteiger partial charge on any atom is -0.493 e. The van der Waals surface area contributed by atoms with E-state index in [4.69, 9.17) is 22.1 Å². The minimum absolute atomic E-state index is 0.0225. The van der Waals surface area contributed by atoms with E-state index in [0.29, 0.717) is 17.9 Å². The molecular weight excluding hydrogens is 261 g/mol. The van der Waals surface area contributed by atoms with Gasteiger partial charge in [0.05, 0.1) is 19.1 Å². The highest BCUT2D eigenvalue weighted by Gasteiger charge is 2.09. The van der Waals surface area contributed by atoms with Gasteiger partial charge >= 0.3 is 6.09 Å². The van der Waals surface area contributed by atoms with Crippen LogP contribution >= 0.6 is 11.6 Å². The van der Waals surface area contributed by atoms with Crippen LogP contribution in [0, 0.1) is 11.7 Å². The third kappa shape index (κ3) is 4.79. The van der Waals surface area contributed by atoms with Crippen molar-refractivity contribution in [1.29, 1.82) is 0 Å². The molecule has 100 valence electrons. The Balaban J connectivity index is 2.50. The van der Waals surface area contributed by atoms with Gasteiger partial charge in [-0.25, -0.2) is 9.18 Å². The summed E-state index contributed by atoms with van der Waals surface area (Å²) in [7, 11) is 0. The van der Waals surface area contributed by atoms with Crippen molar-refractivity contribution in [3.8, 4) is 5.75 Å². The van der Waals surface area contributed by atoms with E-state index in [1.54, 1.807) is 0 Å². The molecule has 0 heterocycles. The van der Waals surface area contributed by atoms with Gasteiger partial charge in [0.2, 0.25) is 0 Å². The minimum atomic E-state index is -0.815. The van der Waals surface area contributed by atoms with E-state index in [9.17, 15) is 9.18 Å². The molecule has 6 heteroatoms. The van der Waals surface area contributed by atoms with Crippen molar-refractivity contribution < 1.29 is 18.7 Å². The lowest BCUT2D eigenvalue weighted by molar-refractivity contribution is 0.122. The number of primary amides is 1. The molecule has 0 fully saturated rings. The number of carbonyl (C=O) groups excluding carboxylic acids is 1. The molecule has 1 rings (SSSR count). The number of rotatable bonds is 6. The molecule has 1 aromatic carbocycles. The van der Waals surface area contributed by atoms with Gasteiger partial charge in [0, 0.05) is 11.5 Å². The first kappa shape index (κ1) is 14.6. The molecule has 0 unspecified atom stereocenters. The zero-order valence-corrected chi connectivity index (χ0v) is 10.7. The Hall–Kier alpha value is -1.49.